The molecule has 1 aromatic carbocycles. The van der Waals surface area contributed by atoms with Gasteiger partial charge in [0.15, 0.2) is 0 Å². The van der Waals surface area contributed by atoms with Crippen molar-refractivity contribution in [1.82, 2.24) is 20.0 Å². The van der Waals surface area contributed by atoms with E-state index in [1.165, 1.54) is 0 Å². The topological polar surface area (TPSA) is 104 Å². The Morgan fingerprint density at radius 1 is 1.19 bits per heavy atom. The third kappa shape index (κ3) is 3.76. The Labute approximate surface area is 156 Å². The van der Waals surface area contributed by atoms with Gasteiger partial charge in [-0.1, -0.05) is 5.10 Å². The summed E-state index contributed by atoms with van der Waals surface area (Å²) < 4.78 is 17.8. The van der Waals surface area contributed by atoms with Gasteiger partial charge >= 0.3 is 6.01 Å². The van der Waals surface area contributed by atoms with E-state index in [9.17, 15) is 4.79 Å². The van der Waals surface area contributed by atoms with Crippen LogP contribution in [-0.2, 0) is 0 Å². The van der Waals surface area contributed by atoms with E-state index in [-0.39, 0.29) is 23.9 Å². The normalized spacial score (nSPS) is 10.9. The number of carbonyl (C=O) groups is 1. The second-order valence-corrected chi connectivity index (χ2v) is 6.14. The molecule has 0 spiro atoms. The molecule has 0 bridgehead atoms. The highest BCUT2D eigenvalue weighted by Gasteiger charge is 2.20. The first-order chi connectivity index (χ1) is 12.9. The van der Waals surface area contributed by atoms with E-state index in [1.807, 2.05) is 20.8 Å². The highest BCUT2D eigenvalue weighted by Crippen LogP contribution is 2.33. The monoisotopic (exact) mass is 371 g/mol. The Morgan fingerprint density at radius 3 is 2.63 bits per heavy atom. The highest BCUT2D eigenvalue weighted by atomic mass is 16.5. The predicted molar refractivity (Wildman–Crippen MR) is 98.1 cm³/mol. The number of carbonyl (C=O) groups excluding carboxylic acids is 1. The molecular weight excluding hydrogens is 350 g/mol. The van der Waals surface area contributed by atoms with Crippen LogP contribution in [0, 0.1) is 6.92 Å². The fourth-order valence-electron chi connectivity index (χ4n) is 2.60. The number of methoxy groups -OCH3 is 2. The average molecular weight is 371 g/mol. The van der Waals surface area contributed by atoms with E-state index in [1.54, 1.807) is 43.2 Å². The van der Waals surface area contributed by atoms with Crippen LogP contribution in [-0.4, -0.2) is 40.1 Å². The Morgan fingerprint density at radius 2 is 1.96 bits per heavy atom. The predicted octanol–water partition coefficient (Wildman–Crippen LogP) is 3.09. The molecule has 0 atom stereocenters. The quantitative estimate of drug-likeness (QED) is 0.710. The van der Waals surface area contributed by atoms with E-state index in [4.69, 9.17) is 13.9 Å². The lowest BCUT2D eigenvalue weighted by molar-refractivity contribution is 0.101. The van der Waals surface area contributed by atoms with Crippen LogP contribution in [0.1, 0.15) is 36.1 Å². The van der Waals surface area contributed by atoms with Gasteiger partial charge in [-0.15, -0.1) is 5.10 Å². The summed E-state index contributed by atoms with van der Waals surface area (Å²) in [7, 11) is 3.10. The molecule has 142 valence electrons. The van der Waals surface area contributed by atoms with E-state index in [0.29, 0.717) is 22.8 Å². The van der Waals surface area contributed by atoms with Crippen LogP contribution >= 0.6 is 0 Å². The van der Waals surface area contributed by atoms with E-state index >= 15 is 0 Å². The van der Waals surface area contributed by atoms with E-state index in [2.05, 4.69) is 20.6 Å². The van der Waals surface area contributed by atoms with Crippen LogP contribution in [0.15, 0.2) is 28.7 Å². The van der Waals surface area contributed by atoms with Crippen molar-refractivity contribution in [3.63, 3.8) is 0 Å². The minimum Gasteiger partial charge on any atom is -0.497 e. The summed E-state index contributed by atoms with van der Waals surface area (Å²) in [6.07, 6.45) is 0. The van der Waals surface area contributed by atoms with Gasteiger partial charge in [0.05, 0.1) is 25.5 Å². The summed E-state index contributed by atoms with van der Waals surface area (Å²) in [5, 5.41) is 14.8. The van der Waals surface area contributed by atoms with E-state index < -0.39 is 0 Å². The van der Waals surface area contributed by atoms with Crippen molar-refractivity contribution in [3.8, 4) is 23.0 Å². The third-order valence-corrected chi connectivity index (χ3v) is 3.86. The summed E-state index contributed by atoms with van der Waals surface area (Å²) in [6, 6.07) is 6.94. The molecule has 9 heteroatoms. The van der Waals surface area contributed by atoms with Crippen LogP contribution in [0.5, 0.6) is 11.5 Å². The van der Waals surface area contributed by atoms with Gasteiger partial charge in [0.1, 0.15) is 17.2 Å². The number of amides is 1. The van der Waals surface area contributed by atoms with Gasteiger partial charge in [-0.25, -0.2) is 0 Å². The lowest BCUT2D eigenvalue weighted by atomic mass is 10.2. The molecule has 2 aromatic heterocycles. The fraction of sp³-hybridized carbons (Fsp3) is 0.333. The lowest BCUT2D eigenvalue weighted by Crippen LogP contribution is -2.19. The second-order valence-electron chi connectivity index (χ2n) is 6.14. The molecule has 0 unspecified atom stereocenters. The zero-order valence-electron chi connectivity index (χ0n) is 15.8. The van der Waals surface area contributed by atoms with Crippen molar-refractivity contribution < 1.29 is 18.7 Å². The van der Waals surface area contributed by atoms with Crippen molar-refractivity contribution in [2.45, 2.75) is 26.8 Å². The minimum absolute atomic E-state index is 0.0194. The maximum atomic E-state index is 12.6. The van der Waals surface area contributed by atoms with Crippen LogP contribution in [0.4, 0.5) is 6.01 Å². The fourth-order valence-corrected chi connectivity index (χ4v) is 2.60. The highest BCUT2D eigenvalue weighted by molar-refractivity contribution is 6.02. The second kappa shape index (κ2) is 7.48. The van der Waals surface area contributed by atoms with Crippen molar-refractivity contribution in [3.05, 3.63) is 35.7 Å². The van der Waals surface area contributed by atoms with Gasteiger partial charge in [-0.05, 0) is 45.0 Å². The molecule has 9 nitrogen and oxygen atoms in total. The first-order valence-electron chi connectivity index (χ1n) is 8.36. The average Bonchev–Trinajstić information content (AvgIpc) is 3.27. The molecule has 2 heterocycles. The summed E-state index contributed by atoms with van der Waals surface area (Å²) >= 11 is 0. The number of rotatable bonds is 6. The lowest BCUT2D eigenvalue weighted by Gasteiger charge is -2.09. The van der Waals surface area contributed by atoms with Gasteiger partial charge < -0.3 is 13.9 Å². The Balaban J connectivity index is 1.86. The largest absolute Gasteiger partial charge is 0.497 e. The molecule has 0 radical (unpaired) electrons. The zero-order valence-corrected chi connectivity index (χ0v) is 15.8. The molecule has 0 aliphatic rings. The van der Waals surface area contributed by atoms with E-state index in [0.717, 1.165) is 5.69 Å². The standard InChI is InChI=1S/C18H21N5O4/c1-10(2)23-14(8-11(3)22-23)16(24)19-18-21-20-17(27-18)13-9-12(25-4)6-7-15(13)26-5/h6-10H,1-5H3,(H,19,21,24). The molecule has 1 amide bonds. The maximum absolute atomic E-state index is 12.6. The summed E-state index contributed by atoms with van der Waals surface area (Å²) in [6.45, 7) is 5.72. The summed E-state index contributed by atoms with van der Waals surface area (Å²) in [5.74, 6) is 0.989. The number of ether oxygens (including phenoxy) is 2. The molecule has 0 aliphatic heterocycles. The molecule has 3 aromatic rings. The van der Waals surface area contributed by atoms with Gasteiger partial charge in [-0.3, -0.25) is 14.8 Å². The Bertz CT molecular complexity index is 961. The SMILES string of the molecule is COc1ccc(OC)c(-c2nnc(NC(=O)c3cc(C)nn3C(C)C)o2)c1. The number of hydrogen-bond donors (Lipinski definition) is 1. The van der Waals surface area contributed by atoms with Crippen LogP contribution < -0.4 is 14.8 Å². The van der Waals surface area contributed by atoms with Crippen LogP contribution in [0.2, 0.25) is 0 Å². The summed E-state index contributed by atoms with van der Waals surface area (Å²) in [4.78, 5) is 12.6. The van der Waals surface area contributed by atoms with Gasteiger partial charge in [-0.2, -0.15) is 5.10 Å². The van der Waals surface area contributed by atoms with Crippen molar-refractivity contribution in [1.29, 1.82) is 0 Å². The Hall–Kier alpha value is -3.36. The zero-order chi connectivity index (χ0) is 19.6. The van der Waals surface area contributed by atoms with Crippen molar-refractivity contribution >= 4 is 11.9 Å². The molecule has 0 fully saturated rings. The van der Waals surface area contributed by atoms with Gasteiger partial charge in [0.2, 0.25) is 0 Å². The minimum atomic E-state index is -0.378. The first kappa shape index (κ1) is 18.4. The van der Waals surface area contributed by atoms with Gasteiger partial charge in [0.25, 0.3) is 11.8 Å². The number of aryl methyl sites for hydroxylation is 1. The molecule has 0 saturated heterocycles. The van der Waals surface area contributed by atoms with Crippen molar-refractivity contribution in [2.75, 3.05) is 19.5 Å². The number of aromatic nitrogens is 4. The smallest absolute Gasteiger partial charge is 0.322 e. The molecular formula is C18H21N5O4. The number of anilines is 1. The molecule has 0 saturated carbocycles. The van der Waals surface area contributed by atoms with Crippen molar-refractivity contribution in [2.24, 2.45) is 0 Å². The molecule has 0 aliphatic carbocycles. The van der Waals surface area contributed by atoms with Gasteiger partial charge in [0, 0.05) is 6.04 Å². The number of hydrogen-bond acceptors (Lipinski definition) is 7. The molecule has 3 rings (SSSR count). The first-order valence-corrected chi connectivity index (χ1v) is 8.36. The summed E-state index contributed by atoms with van der Waals surface area (Å²) in [5.41, 5.74) is 1.73. The van der Waals surface area contributed by atoms with Crippen LogP contribution in [0.3, 0.4) is 0 Å². The molecule has 1 N–H and O–H groups in total. The maximum Gasteiger partial charge on any atom is 0.322 e. The number of nitrogens with one attached hydrogen (secondary N) is 1. The van der Waals surface area contributed by atoms with Crippen LogP contribution in [0.25, 0.3) is 11.5 Å². The number of nitrogens with zero attached hydrogens (tertiary/aromatic N) is 4. The number of benzene rings is 1. The molecule has 27 heavy (non-hydrogen) atoms. The Kier molecular flexibility index (Phi) is 5.11. The third-order valence-electron chi connectivity index (χ3n) is 3.86.